The van der Waals surface area contributed by atoms with Crippen molar-refractivity contribution in [1.29, 1.82) is 0 Å². The maximum atomic E-state index is 12.3. The van der Waals surface area contributed by atoms with E-state index in [9.17, 15) is 14.7 Å². The summed E-state index contributed by atoms with van der Waals surface area (Å²) in [6, 6.07) is 6.80. The number of fused-ring (bicyclic) bond motifs is 1. The van der Waals surface area contributed by atoms with Crippen LogP contribution in [-0.2, 0) is 16.0 Å². The van der Waals surface area contributed by atoms with Crippen molar-refractivity contribution in [3.8, 4) is 0 Å². The first-order valence-electron chi connectivity index (χ1n) is 12.9. The number of allylic oxidation sites excluding steroid dienone is 10. The lowest BCUT2D eigenvalue weighted by atomic mass is 10.0. The predicted octanol–water partition coefficient (Wildman–Crippen LogP) is 7.20. The summed E-state index contributed by atoms with van der Waals surface area (Å²) in [5.74, 6) is -1.25. The molecule has 2 aromatic rings. The Morgan fingerprint density at radius 1 is 0.889 bits per heavy atom. The molecule has 5 nitrogen and oxygen atoms in total. The molecule has 0 spiro atoms. The maximum absolute atomic E-state index is 12.3. The Hall–Kier alpha value is -3.60. The van der Waals surface area contributed by atoms with Crippen LogP contribution < -0.4 is 5.32 Å². The van der Waals surface area contributed by atoms with Crippen LogP contribution in [0.1, 0.15) is 63.9 Å². The van der Waals surface area contributed by atoms with Gasteiger partial charge in [0.2, 0.25) is 5.91 Å². The van der Waals surface area contributed by atoms with Gasteiger partial charge in [0.05, 0.1) is 0 Å². The second-order valence-electron chi connectivity index (χ2n) is 8.62. The Labute approximate surface area is 215 Å². The molecule has 0 saturated carbocycles. The summed E-state index contributed by atoms with van der Waals surface area (Å²) in [4.78, 5) is 27.1. The summed E-state index contributed by atoms with van der Waals surface area (Å²) in [6.45, 7) is 2.14. The number of rotatable bonds is 17. The first-order chi connectivity index (χ1) is 17.6. The molecular weight excluding hydrogens is 448 g/mol. The van der Waals surface area contributed by atoms with E-state index in [1.54, 1.807) is 0 Å². The molecule has 1 atom stereocenters. The Kier molecular flexibility index (Phi) is 14.1. The molecule has 1 heterocycles. The van der Waals surface area contributed by atoms with Crippen molar-refractivity contribution in [1.82, 2.24) is 10.3 Å². The summed E-state index contributed by atoms with van der Waals surface area (Å²) in [7, 11) is 0. The van der Waals surface area contributed by atoms with Gasteiger partial charge in [-0.1, -0.05) is 85.9 Å². The number of aromatic amines is 1. The minimum absolute atomic E-state index is 0.227. The zero-order chi connectivity index (χ0) is 25.8. The number of aromatic nitrogens is 1. The fraction of sp³-hybridized carbons (Fsp3) is 0.355. The molecule has 0 saturated heterocycles. The number of unbranched alkanes of at least 4 members (excludes halogenated alkanes) is 1. The van der Waals surface area contributed by atoms with Gasteiger partial charge in [0.15, 0.2) is 0 Å². The summed E-state index contributed by atoms with van der Waals surface area (Å²) < 4.78 is 0. The van der Waals surface area contributed by atoms with E-state index in [1.165, 1.54) is 0 Å². The number of hydrogen-bond donors (Lipinski definition) is 3. The minimum Gasteiger partial charge on any atom is -0.480 e. The highest BCUT2D eigenvalue weighted by molar-refractivity contribution is 5.86. The van der Waals surface area contributed by atoms with Crippen molar-refractivity contribution in [2.75, 3.05) is 0 Å². The average molecular weight is 489 g/mol. The lowest BCUT2D eigenvalue weighted by molar-refractivity contribution is -0.141. The number of para-hydroxylation sites is 1. The molecule has 0 aliphatic carbocycles. The monoisotopic (exact) mass is 488 g/mol. The zero-order valence-corrected chi connectivity index (χ0v) is 21.4. The lowest BCUT2D eigenvalue weighted by Gasteiger charge is -2.14. The van der Waals surface area contributed by atoms with Crippen molar-refractivity contribution >= 4 is 22.8 Å². The molecule has 1 aromatic carbocycles. The first-order valence-corrected chi connectivity index (χ1v) is 12.9. The first kappa shape index (κ1) is 28.6. The van der Waals surface area contributed by atoms with Crippen LogP contribution in [0.2, 0.25) is 0 Å². The largest absolute Gasteiger partial charge is 0.480 e. The highest BCUT2D eigenvalue weighted by atomic mass is 16.4. The molecule has 0 unspecified atom stereocenters. The Bertz CT molecular complexity index is 1070. The van der Waals surface area contributed by atoms with Crippen LogP contribution in [0.4, 0.5) is 0 Å². The molecule has 1 aromatic heterocycles. The Morgan fingerprint density at radius 3 is 2.08 bits per heavy atom. The summed E-state index contributed by atoms with van der Waals surface area (Å²) in [5.41, 5.74) is 1.84. The van der Waals surface area contributed by atoms with Crippen molar-refractivity contribution in [3.63, 3.8) is 0 Å². The van der Waals surface area contributed by atoms with E-state index >= 15 is 0 Å². The highest BCUT2D eigenvalue weighted by Gasteiger charge is 2.21. The SMILES string of the molecule is CC/C=C\C/C=C\C/C=C\C/C=C\C/C=C\CCCC(=O)N[C@@H](Cc1c[nH]c2ccccc12)C(=O)O. The van der Waals surface area contributed by atoms with Gasteiger partial charge >= 0.3 is 5.97 Å². The van der Waals surface area contributed by atoms with Gasteiger partial charge in [0.1, 0.15) is 6.04 Å². The minimum atomic E-state index is -1.02. The van der Waals surface area contributed by atoms with E-state index in [0.29, 0.717) is 12.8 Å². The van der Waals surface area contributed by atoms with Gasteiger partial charge in [-0.15, -0.1) is 0 Å². The fourth-order valence-electron chi connectivity index (χ4n) is 3.74. The van der Waals surface area contributed by atoms with Crippen molar-refractivity contribution in [2.24, 2.45) is 0 Å². The molecule has 3 N–H and O–H groups in total. The van der Waals surface area contributed by atoms with Crippen LogP contribution in [0, 0.1) is 0 Å². The predicted molar refractivity (Wildman–Crippen MR) is 150 cm³/mol. The quantitative estimate of drug-likeness (QED) is 0.163. The van der Waals surface area contributed by atoms with Gasteiger partial charge in [-0.05, 0) is 56.6 Å². The Morgan fingerprint density at radius 2 is 1.47 bits per heavy atom. The molecule has 192 valence electrons. The molecule has 1 amide bonds. The van der Waals surface area contributed by atoms with Crippen LogP contribution in [0.25, 0.3) is 10.9 Å². The summed E-state index contributed by atoms with van der Waals surface area (Å²) in [6.07, 6.45) is 30.3. The molecule has 0 aliphatic rings. The zero-order valence-electron chi connectivity index (χ0n) is 21.4. The normalized spacial score (nSPS) is 13.2. The van der Waals surface area contributed by atoms with E-state index in [1.807, 2.05) is 30.5 Å². The third kappa shape index (κ3) is 11.7. The van der Waals surface area contributed by atoms with Gasteiger partial charge in [0.25, 0.3) is 0 Å². The van der Waals surface area contributed by atoms with Crippen LogP contribution in [-0.4, -0.2) is 28.0 Å². The number of hydrogen-bond acceptors (Lipinski definition) is 2. The number of carbonyl (C=O) groups is 2. The maximum Gasteiger partial charge on any atom is 0.326 e. The van der Waals surface area contributed by atoms with Crippen molar-refractivity contribution in [3.05, 3.63) is 96.8 Å². The number of H-pyrrole nitrogens is 1. The fourth-order valence-corrected chi connectivity index (χ4v) is 3.74. The van der Waals surface area contributed by atoms with Crippen LogP contribution >= 0.6 is 0 Å². The number of carbonyl (C=O) groups excluding carboxylic acids is 1. The van der Waals surface area contributed by atoms with E-state index in [0.717, 1.165) is 55.0 Å². The molecule has 0 fully saturated rings. The molecule has 2 rings (SSSR count). The van der Waals surface area contributed by atoms with Gasteiger partial charge < -0.3 is 15.4 Å². The number of carboxylic acid groups (broad SMARTS) is 1. The van der Waals surface area contributed by atoms with Crippen LogP contribution in [0.3, 0.4) is 0 Å². The standard InChI is InChI=1S/C31H40N2O3/c1-2-3-4-5-6-7-8-9-10-11-12-13-14-15-16-17-18-23-30(34)33-29(31(35)36)24-26-25-32-28-22-20-19-21-27(26)28/h3-4,6-7,9-10,12-13,15-16,19-22,25,29,32H,2,5,8,11,14,17-18,23-24H2,1H3,(H,33,34)(H,35,36)/b4-3-,7-6-,10-9-,13-12-,16-15-/t29-/m0/s1. The smallest absolute Gasteiger partial charge is 0.326 e. The summed E-state index contributed by atoms with van der Waals surface area (Å²) >= 11 is 0. The second-order valence-corrected chi connectivity index (χ2v) is 8.62. The van der Waals surface area contributed by atoms with Crippen LogP contribution in [0.5, 0.6) is 0 Å². The van der Waals surface area contributed by atoms with E-state index in [-0.39, 0.29) is 12.3 Å². The molecule has 0 radical (unpaired) electrons. The topological polar surface area (TPSA) is 82.2 Å². The van der Waals surface area contributed by atoms with Crippen molar-refractivity contribution in [2.45, 2.75) is 70.8 Å². The van der Waals surface area contributed by atoms with E-state index in [2.05, 4.69) is 78.0 Å². The molecular formula is C31H40N2O3. The van der Waals surface area contributed by atoms with Crippen LogP contribution in [0.15, 0.2) is 91.2 Å². The molecule has 0 bridgehead atoms. The average Bonchev–Trinajstić information content (AvgIpc) is 3.28. The van der Waals surface area contributed by atoms with Gasteiger partial charge in [0, 0.05) is 29.9 Å². The van der Waals surface area contributed by atoms with Gasteiger partial charge in [-0.3, -0.25) is 4.79 Å². The third-order valence-electron chi connectivity index (χ3n) is 5.66. The van der Waals surface area contributed by atoms with Gasteiger partial charge in [-0.25, -0.2) is 4.79 Å². The van der Waals surface area contributed by atoms with E-state index < -0.39 is 12.0 Å². The Balaban J connectivity index is 1.58. The van der Waals surface area contributed by atoms with Crippen molar-refractivity contribution < 1.29 is 14.7 Å². The number of carboxylic acids is 1. The number of aliphatic carboxylic acids is 1. The summed E-state index contributed by atoms with van der Waals surface area (Å²) in [5, 5.41) is 13.2. The molecule has 36 heavy (non-hydrogen) atoms. The number of amides is 1. The molecule has 0 aliphatic heterocycles. The van der Waals surface area contributed by atoms with Gasteiger partial charge in [-0.2, -0.15) is 0 Å². The number of nitrogens with one attached hydrogen (secondary N) is 2. The third-order valence-corrected chi connectivity index (χ3v) is 5.66. The highest BCUT2D eigenvalue weighted by Crippen LogP contribution is 2.19. The van der Waals surface area contributed by atoms with E-state index in [4.69, 9.17) is 0 Å². The lowest BCUT2D eigenvalue weighted by Crippen LogP contribution is -2.42. The molecule has 5 heteroatoms. The second kappa shape index (κ2) is 17.8. The number of benzene rings is 1.